The maximum atomic E-state index is 13.7. The van der Waals surface area contributed by atoms with Gasteiger partial charge in [-0.1, -0.05) is 45.5 Å². The molecule has 2 heteroatoms. The van der Waals surface area contributed by atoms with Crippen LogP contribution in [0.5, 0.6) is 0 Å². The summed E-state index contributed by atoms with van der Waals surface area (Å²) in [6.45, 7) is 10.7. The quantitative estimate of drug-likeness (QED) is 0.470. The van der Waals surface area contributed by atoms with Gasteiger partial charge in [0.05, 0.1) is 5.57 Å². The van der Waals surface area contributed by atoms with Crippen LogP contribution in [0.4, 0.5) is 4.39 Å². The van der Waals surface area contributed by atoms with Crippen LogP contribution in [0, 0.1) is 23.3 Å². The van der Waals surface area contributed by atoms with Crippen molar-refractivity contribution < 1.29 is 4.39 Å². The molecule has 88 valence electrons. The third kappa shape index (κ3) is 3.64. The minimum atomic E-state index is -1.42. The van der Waals surface area contributed by atoms with Gasteiger partial charge in [-0.15, -0.1) is 5.54 Å². The molecule has 1 aliphatic rings. The predicted molar refractivity (Wildman–Crippen MR) is 71.3 cm³/mol. The van der Waals surface area contributed by atoms with Crippen LogP contribution in [0.15, 0.2) is 23.6 Å². The second kappa shape index (κ2) is 5.01. The Morgan fingerprint density at radius 1 is 1.31 bits per heavy atom. The molecule has 0 saturated carbocycles. The molecule has 0 saturated heterocycles. The number of halogens is 1. The maximum Gasteiger partial charge on any atom is 0.134 e. The van der Waals surface area contributed by atoms with Crippen molar-refractivity contribution in [3.8, 4) is 11.5 Å². The van der Waals surface area contributed by atoms with Gasteiger partial charge in [0, 0.05) is 0 Å². The molecule has 0 heterocycles. The highest BCUT2D eigenvalue weighted by Gasteiger charge is 2.20. The van der Waals surface area contributed by atoms with E-state index in [-0.39, 0.29) is 5.83 Å². The second-order valence-electron chi connectivity index (χ2n) is 5.53. The first kappa shape index (κ1) is 13.3. The third-order valence-electron chi connectivity index (χ3n) is 2.77. The van der Waals surface area contributed by atoms with E-state index in [0.717, 1.165) is 6.42 Å². The molecule has 0 aliphatic heterocycles. The Morgan fingerprint density at radius 2 is 1.94 bits per heavy atom. The van der Waals surface area contributed by atoms with Crippen LogP contribution in [0.3, 0.4) is 0 Å². The van der Waals surface area contributed by atoms with Crippen molar-refractivity contribution in [2.75, 3.05) is 0 Å². The number of hydrogen-bond acceptors (Lipinski definition) is 0. The smallest absolute Gasteiger partial charge is 0.134 e. The standard InChI is InChI=1S/C14H21FSi/c1-6-12-10-13(7-8-16(3,4)5)14(15)9-11(12)2/h9-12H,6H2,1-5H3. The van der Waals surface area contributed by atoms with Crippen LogP contribution in [0.2, 0.25) is 19.6 Å². The Bertz CT molecular complexity index is 374. The van der Waals surface area contributed by atoms with Gasteiger partial charge in [-0.3, -0.25) is 0 Å². The molecule has 0 spiro atoms. The first-order chi connectivity index (χ1) is 7.33. The van der Waals surface area contributed by atoms with Crippen LogP contribution in [0.25, 0.3) is 0 Å². The molecule has 0 aromatic rings. The van der Waals surface area contributed by atoms with Crippen molar-refractivity contribution in [2.45, 2.75) is 39.9 Å². The van der Waals surface area contributed by atoms with Crippen molar-refractivity contribution in [3.63, 3.8) is 0 Å². The van der Waals surface area contributed by atoms with Gasteiger partial charge in [-0.05, 0) is 24.3 Å². The van der Waals surface area contributed by atoms with E-state index in [1.807, 2.05) is 6.08 Å². The summed E-state index contributed by atoms with van der Waals surface area (Å²) in [5, 5.41) is 0. The molecule has 0 bridgehead atoms. The fourth-order valence-electron chi connectivity index (χ4n) is 1.74. The molecule has 2 atom stereocenters. The summed E-state index contributed by atoms with van der Waals surface area (Å²) >= 11 is 0. The summed E-state index contributed by atoms with van der Waals surface area (Å²) in [5.74, 6) is 3.62. The zero-order valence-corrected chi connectivity index (χ0v) is 11.9. The number of rotatable bonds is 1. The molecule has 0 aromatic carbocycles. The molecule has 0 amide bonds. The normalized spacial score (nSPS) is 25.4. The predicted octanol–water partition coefficient (Wildman–Crippen LogP) is 4.32. The SMILES string of the molecule is CCC1C=C(C#C[Si](C)(C)C)C(F)=CC1C. The first-order valence-electron chi connectivity index (χ1n) is 5.96. The molecule has 0 aromatic heterocycles. The lowest BCUT2D eigenvalue weighted by Crippen LogP contribution is -2.17. The van der Waals surface area contributed by atoms with Gasteiger partial charge >= 0.3 is 0 Å². The highest BCUT2D eigenvalue weighted by atomic mass is 28.3. The van der Waals surface area contributed by atoms with Crippen molar-refractivity contribution in [1.82, 2.24) is 0 Å². The molecule has 16 heavy (non-hydrogen) atoms. The van der Waals surface area contributed by atoms with Crippen molar-refractivity contribution >= 4 is 8.07 Å². The second-order valence-corrected chi connectivity index (χ2v) is 10.3. The lowest BCUT2D eigenvalue weighted by atomic mass is 9.85. The van der Waals surface area contributed by atoms with Gasteiger partial charge in [-0.2, -0.15) is 0 Å². The molecule has 0 radical (unpaired) electrons. The highest BCUT2D eigenvalue weighted by molar-refractivity contribution is 6.83. The Morgan fingerprint density at radius 3 is 2.44 bits per heavy atom. The van der Waals surface area contributed by atoms with Crippen LogP contribution < -0.4 is 0 Å². The fourth-order valence-corrected chi connectivity index (χ4v) is 2.25. The van der Waals surface area contributed by atoms with Crippen LogP contribution in [-0.2, 0) is 0 Å². The highest BCUT2D eigenvalue weighted by Crippen LogP contribution is 2.29. The molecule has 2 unspecified atom stereocenters. The molecule has 0 nitrogen and oxygen atoms in total. The number of allylic oxidation sites excluding steroid dienone is 4. The summed E-state index contributed by atoms with van der Waals surface area (Å²) in [7, 11) is -1.42. The van der Waals surface area contributed by atoms with E-state index >= 15 is 0 Å². The van der Waals surface area contributed by atoms with E-state index in [9.17, 15) is 4.39 Å². The van der Waals surface area contributed by atoms with Gasteiger partial charge in [0.2, 0.25) is 0 Å². The van der Waals surface area contributed by atoms with E-state index in [1.165, 1.54) is 0 Å². The molecule has 0 N–H and O–H groups in total. The van der Waals surface area contributed by atoms with Gasteiger partial charge in [0.15, 0.2) is 0 Å². The summed E-state index contributed by atoms with van der Waals surface area (Å²) in [4.78, 5) is 0. The van der Waals surface area contributed by atoms with E-state index in [0.29, 0.717) is 17.4 Å². The minimum Gasteiger partial charge on any atom is -0.206 e. The lowest BCUT2D eigenvalue weighted by Gasteiger charge is -2.21. The van der Waals surface area contributed by atoms with Crippen molar-refractivity contribution in [1.29, 1.82) is 0 Å². The molecular weight excluding hydrogens is 215 g/mol. The van der Waals surface area contributed by atoms with E-state index in [4.69, 9.17) is 0 Å². The van der Waals surface area contributed by atoms with Crippen LogP contribution in [-0.4, -0.2) is 8.07 Å². The van der Waals surface area contributed by atoms with Crippen LogP contribution >= 0.6 is 0 Å². The molecule has 1 rings (SSSR count). The average molecular weight is 236 g/mol. The van der Waals surface area contributed by atoms with E-state index in [1.54, 1.807) is 6.08 Å². The summed E-state index contributed by atoms with van der Waals surface area (Å²) < 4.78 is 13.7. The lowest BCUT2D eigenvalue weighted by molar-refractivity contribution is 0.468. The van der Waals surface area contributed by atoms with Gasteiger partial charge in [0.1, 0.15) is 13.9 Å². The summed E-state index contributed by atoms with van der Waals surface area (Å²) in [6.07, 6.45) is 4.76. The monoisotopic (exact) mass is 236 g/mol. The van der Waals surface area contributed by atoms with Crippen LogP contribution in [0.1, 0.15) is 20.3 Å². The molecule has 1 aliphatic carbocycles. The largest absolute Gasteiger partial charge is 0.206 e. The van der Waals surface area contributed by atoms with E-state index in [2.05, 4.69) is 45.0 Å². The average Bonchev–Trinajstić information content (AvgIpc) is 2.15. The van der Waals surface area contributed by atoms with Crippen molar-refractivity contribution in [3.05, 3.63) is 23.6 Å². The Labute approximate surface area is 99.6 Å². The zero-order chi connectivity index (χ0) is 12.3. The third-order valence-corrected chi connectivity index (χ3v) is 3.64. The maximum absolute atomic E-state index is 13.7. The molecular formula is C14H21FSi. The van der Waals surface area contributed by atoms with Crippen molar-refractivity contribution in [2.24, 2.45) is 11.8 Å². The Balaban J connectivity index is 2.95. The fraction of sp³-hybridized carbons (Fsp3) is 0.571. The number of hydrogen-bond donors (Lipinski definition) is 0. The summed E-state index contributed by atoms with van der Waals surface area (Å²) in [5.41, 5.74) is 3.83. The Hall–Kier alpha value is -0.813. The van der Waals surface area contributed by atoms with Gasteiger partial charge in [0.25, 0.3) is 0 Å². The van der Waals surface area contributed by atoms with Gasteiger partial charge in [-0.25, -0.2) is 4.39 Å². The molecule has 0 fully saturated rings. The topological polar surface area (TPSA) is 0 Å². The Kier molecular flexibility index (Phi) is 4.15. The zero-order valence-electron chi connectivity index (χ0n) is 10.9. The summed E-state index contributed by atoms with van der Waals surface area (Å²) in [6, 6.07) is 0. The first-order valence-corrected chi connectivity index (χ1v) is 9.46. The van der Waals surface area contributed by atoms with Gasteiger partial charge < -0.3 is 0 Å². The minimum absolute atomic E-state index is 0.136. The van der Waals surface area contributed by atoms with E-state index < -0.39 is 8.07 Å².